The zero-order chi connectivity index (χ0) is 16.7. The fourth-order valence-electron chi connectivity index (χ4n) is 3.03. The number of fused-ring (bicyclic) bond motifs is 1. The first-order valence-corrected chi connectivity index (χ1v) is 9.61. The van der Waals surface area contributed by atoms with Gasteiger partial charge in [-0.2, -0.15) is 5.10 Å². The van der Waals surface area contributed by atoms with Crippen LogP contribution >= 0.6 is 35.0 Å². The Kier molecular flexibility index (Phi) is 4.21. The zero-order valence-electron chi connectivity index (χ0n) is 13.0. The van der Waals surface area contributed by atoms with Crippen LogP contribution in [0.25, 0.3) is 16.9 Å². The standard InChI is InChI=1S/C18H15Cl2N3S/c1-24-16-5-3-2-4-12(16)17-13-8-9-21-18(13)23(22-17)11-6-7-14(19)15(20)10-11/h2-7,10,21H,8-9H2,1H3. The average molecular weight is 376 g/mol. The number of anilines is 1. The first kappa shape index (κ1) is 15.9. The van der Waals surface area contributed by atoms with E-state index in [9.17, 15) is 0 Å². The van der Waals surface area contributed by atoms with Gasteiger partial charge < -0.3 is 5.32 Å². The maximum absolute atomic E-state index is 6.19. The van der Waals surface area contributed by atoms with Gasteiger partial charge in [-0.15, -0.1) is 11.8 Å². The van der Waals surface area contributed by atoms with Gasteiger partial charge in [0.2, 0.25) is 0 Å². The van der Waals surface area contributed by atoms with E-state index >= 15 is 0 Å². The average Bonchev–Trinajstić information content (AvgIpc) is 3.20. The summed E-state index contributed by atoms with van der Waals surface area (Å²) >= 11 is 14.0. The number of hydrogen-bond donors (Lipinski definition) is 1. The van der Waals surface area contributed by atoms with Crippen LogP contribution in [0.4, 0.5) is 5.82 Å². The van der Waals surface area contributed by atoms with Gasteiger partial charge in [0.25, 0.3) is 0 Å². The Labute approximate surface area is 155 Å². The Balaban J connectivity index is 1.91. The van der Waals surface area contributed by atoms with Crippen molar-refractivity contribution in [3.8, 4) is 16.9 Å². The van der Waals surface area contributed by atoms with Gasteiger partial charge in [-0.25, -0.2) is 4.68 Å². The Bertz CT molecular complexity index is 921. The van der Waals surface area contributed by atoms with Crippen molar-refractivity contribution in [2.75, 3.05) is 18.1 Å². The van der Waals surface area contributed by atoms with Crippen molar-refractivity contribution in [2.45, 2.75) is 11.3 Å². The van der Waals surface area contributed by atoms with Crippen LogP contribution in [0.3, 0.4) is 0 Å². The lowest BCUT2D eigenvalue weighted by molar-refractivity contribution is 0.881. The predicted molar refractivity (Wildman–Crippen MR) is 103 cm³/mol. The van der Waals surface area contributed by atoms with E-state index in [2.05, 4.69) is 35.8 Å². The molecule has 6 heteroatoms. The van der Waals surface area contributed by atoms with Gasteiger partial charge in [-0.1, -0.05) is 41.4 Å². The number of rotatable bonds is 3. The van der Waals surface area contributed by atoms with Crippen LogP contribution in [-0.4, -0.2) is 22.6 Å². The van der Waals surface area contributed by atoms with Crippen LogP contribution in [0.5, 0.6) is 0 Å². The fourth-order valence-corrected chi connectivity index (χ4v) is 3.93. The van der Waals surface area contributed by atoms with Crippen LogP contribution in [-0.2, 0) is 6.42 Å². The molecule has 0 radical (unpaired) electrons. The number of hydrogen-bond acceptors (Lipinski definition) is 3. The molecule has 0 aliphatic carbocycles. The van der Waals surface area contributed by atoms with E-state index in [1.165, 1.54) is 16.0 Å². The van der Waals surface area contributed by atoms with E-state index in [0.29, 0.717) is 10.0 Å². The molecule has 122 valence electrons. The molecule has 0 saturated carbocycles. The lowest BCUT2D eigenvalue weighted by atomic mass is 10.1. The smallest absolute Gasteiger partial charge is 0.133 e. The lowest BCUT2D eigenvalue weighted by Crippen LogP contribution is -2.04. The second-order valence-corrected chi connectivity index (χ2v) is 7.23. The van der Waals surface area contributed by atoms with Gasteiger partial charge >= 0.3 is 0 Å². The molecule has 1 aliphatic heterocycles. The third-order valence-electron chi connectivity index (χ3n) is 4.16. The summed E-state index contributed by atoms with van der Waals surface area (Å²) < 4.78 is 1.93. The number of benzene rings is 2. The third kappa shape index (κ3) is 2.59. The number of thioether (sulfide) groups is 1. The summed E-state index contributed by atoms with van der Waals surface area (Å²) in [5.74, 6) is 1.04. The number of nitrogens with zero attached hydrogens (tertiary/aromatic N) is 2. The molecular weight excluding hydrogens is 361 g/mol. The first-order chi connectivity index (χ1) is 11.7. The van der Waals surface area contributed by atoms with Crippen molar-refractivity contribution in [1.29, 1.82) is 0 Å². The van der Waals surface area contributed by atoms with Gasteiger partial charge in [0, 0.05) is 22.6 Å². The van der Waals surface area contributed by atoms with Crippen LogP contribution < -0.4 is 5.32 Å². The van der Waals surface area contributed by atoms with Crippen molar-refractivity contribution in [3.05, 3.63) is 58.1 Å². The summed E-state index contributed by atoms with van der Waals surface area (Å²) in [4.78, 5) is 1.23. The highest BCUT2D eigenvalue weighted by atomic mass is 35.5. The normalized spacial score (nSPS) is 13.0. The van der Waals surface area contributed by atoms with E-state index in [0.717, 1.165) is 30.2 Å². The number of halogens is 2. The summed E-state index contributed by atoms with van der Waals surface area (Å²) in [5.41, 5.74) is 4.36. The molecule has 3 nitrogen and oxygen atoms in total. The second kappa shape index (κ2) is 6.36. The molecule has 1 aromatic heterocycles. The minimum absolute atomic E-state index is 0.530. The largest absolute Gasteiger partial charge is 0.369 e. The van der Waals surface area contributed by atoms with Crippen molar-refractivity contribution in [3.63, 3.8) is 0 Å². The van der Waals surface area contributed by atoms with E-state index in [1.54, 1.807) is 17.8 Å². The van der Waals surface area contributed by atoms with Crippen LogP contribution in [0.1, 0.15) is 5.56 Å². The molecule has 3 aromatic rings. The van der Waals surface area contributed by atoms with Gasteiger partial charge in [0.15, 0.2) is 0 Å². The molecule has 0 spiro atoms. The quantitative estimate of drug-likeness (QED) is 0.609. The Morgan fingerprint density at radius 2 is 1.96 bits per heavy atom. The number of nitrogens with one attached hydrogen (secondary N) is 1. The SMILES string of the molecule is CSc1ccccc1-c1nn(-c2ccc(Cl)c(Cl)c2)c2c1CCN2. The molecule has 0 bridgehead atoms. The molecule has 4 rings (SSSR count). The highest BCUT2D eigenvalue weighted by Crippen LogP contribution is 2.38. The van der Waals surface area contributed by atoms with E-state index in [1.807, 2.05) is 16.8 Å². The molecule has 0 atom stereocenters. The molecule has 0 unspecified atom stereocenters. The molecule has 0 fully saturated rings. The van der Waals surface area contributed by atoms with E-state index in [-0.39, 0.29) is 0 Å². The van der Waals surface area contributed by atoms with E-state index in [4.69, 9.17) is 28.3 Å². The third-order valence-corrected chi connectivity index (χ3v) is 5.70. The lowest BCUT2D eigenvalue weighted by Gasteiger charge is -2.08. The van der Waals surface area contributed by atoms with E-state index < -0.39 is 0 Å². The molecule has 1 aliphatic rings. The Hall–Kier alpha value is -1.62. The molecular formula is C18H15Cl2N3S. The van der Waals surface area contributed by atoms with Crippen LogP contribution in [0.2, 0.25) is 10.0 Å². The maximum atomic E-state index is 6.19. The maximum Gasteiger partial charge on any atom is 0.133 e. The first-order valence-electron chi connectivity index (χ1n) is 7.63. The van der Waals surface area contributed by atoms with Crippen LogP contribution in [0, 0.1) is 0 Å². The fraction of sp³-hybridized carbons (Fsp3) is 0.167. The minimum atomic E-state index is 0.530. The van der Waals surface area contributed by atoms with Crippen molar-refractivity contribution < 1.29 is 0 Å². The molecule has 2 aromatic carbocycles. The van der Waals surface area contributed by atoms with Crippen molar-refractivity contribution >= 4 is 40.8 Å². The molecule has 1 N–H and O–H groups in total. The summed E-state index contributed by atoms with van der Waals surface area (Å²) in [6, 6.07) is 14.0. The predicted octanol–water partition coefficient (Wildman–Crippen LogP) is 5.54. The number of aromatic nitrogens is 2. The van der Waals surface area contributed by atoms with Gasteiger partial charge in [-0.3, -0.25) is 0 Å². The highest BCUT2D eigenvalue weighted by Gasteiger charge is 2.25. The molecule has 24 heavy (non-hydrogen) atoms. The minimum Gasteiger partial charge on any atom is -0.369 e. The van der Waals surface area contributed by atoms with Gasteiger partial charge in [0.05, 0.1) is 21.4 Å². The Morgan fingerprint density at radius 3 is 2.75 bits per heavy atom. The van der Waals surface area contributed by atoms with Gasteiger partial charge in [0.1, 0.15) is 5.82 Å². The summed E-state index contributed by atoms with van der Waals surface area (Å²) in [6.07, 6.45) is 3.06. The summed E-state index contributed by atoms with van der Waals surface area (Å²) in [7, 11) is 0. The molecule has 0 amide bonds. The summed E-state index contributed by atoms with van der Waals surface area (Å²) in [6.45, 7) is 0.920. The monoisotopic (exact) mass is 375 g/mol. The van der Waals surface area contributed by atoms with Crippen molar-refractivity contribution in [1.82, 2.24) is 9.78 Å². The highest BCUT2D eigenvalue weighted by molar-refractivity contribution is 7.98. The Morgan fingerprint density at radius 1 is 1.12 bits per heavy atom. The summed E-state index contributed by atoms with van der Waals surface area (Å²) in [5, 5.41) is 9.41. The van der Waals surface area contributed by atoms with Crippen molar-refractivity contribution in [2.24, 2.45) is 0 Å². The van der Waals surface area contributed by atoms with Crippen LogP contribution in [0.15, 0.2) is 47.4 Å². The molecule has 2 heterocycles. The topological polar surface area (TPSA) is 29.9 Å². The van der Waals surface area contributed by atoms with Gasteiger partial charge in [-0.05, 0) is 36.9 Å². The second-order valence-electron chi connectivity index (χ2n) is 5.56. The molecule has 0 saturated heterocycles. The zero-order valence-corrected chi connectivity index (χ0v) is 15.3.